The number of hydrogen-bond donors (Lipinski definition) is 1. The van der Waals surface area contributed by atoms with Crippen molar-refractivity contribution in [3.8, 4) is 0 Å². The van der Waals surface area contributed by atoms with Crippen LogP contribution in [0.5, 0.6) is 0 Å². The van der Waals surface area contributed by atoms with E-state index in [-0.39, 0.29) is 5.41 Å². The van der Waals surface area contributed by atoms with Crippen molar-refractivity contribution in [3.05, 3.63) is 0 Å². The Kier molecular flexibility index (Phi) is 3.57. The van der Waals surface area contributed by atoms with E-state index in [2.05, 4.69) is 13.8 Å². The number of rotatable bonds is 4. The molecule has 1 unspecified atom stereocenters. The van der Waals surface area contributed by atoms with E-state index in [0.717, 1.165) is 5.92 Å². The van der Waals surface area contributed by atoms with E-state index in [1.165, 1.54) is 38.5 Å². The van der Waals surface area contributed by atoms with Crippen LogP contribution in [0.2, 0.25) is 0 Å². The molecule has 0 aromatic rings. The van der Waals surface area contributed by atoms with Crippen molar-refractivity contribution in [2.75, 3.05) is 6.61 Å². The highest BCUT2D eigenvalue weighted by Gasteiger charge is 2.34. The fraction of sp³-hybridized carbons (Fsp3) is 1.00. The Balaban J connectivity index is 2.51. The van der Waals surface area contributed by atoms with Gasteiger partial charge in [0.25, 0.3) is 0 Å². The molecule has 1 fully saturated rings. The van der Waals surface area contributed by atoms with Crippen LogP contribution in [0.25, 0.3) is 0 Å². The second-order valence-electron chi connectivity index (χ2n) is 4.54. The lowest BCUT2D eigenvalue weighted by molar-refractivity contribution is 0.0708. The zero-order chi connectivity index (χ0) is 9.03. The quantitative estimate of drug-likeness (QED) is 0.687. The van der Waals surface area contributed by atoms with Gasteiger partial charge in [-0.3, -0.25) is 0 Å². The van der Waals surface area contributed by atoms with Gasteiger partial charge >= 0.3 is 0 Å². The van der Waals surface area contributed by atoms with Gasteiger partial charge in [-0.1, -0.05) is 33.1 Å². The smallest absolute Gasteiger partial charge is 0.0487 e. The maximum atomic E-state index is 9.38. The fourth-order valence-electron chi connectivity index (χ4n) is 2.61. The van der Waals surface area contributed by atoms with Crippen LogP contribution in [-0.2, 0) is 0 Å². The van der Waals surface area contributed by atoms with E-state index >= 15 is 0 Å². The van der Waals surface area contributed by atoms with Gasteiger partial charge in [0, 0.05) is 6.61 Å². The fourth-order valence-corrected chi connectivity index (χ4v) is 2.61. The summed E-state index contributed by atoms with van der Waals surface area (Å²) in [5, 5.41) is 9.38. The Bertz CT molecular complexity index is 127. The third kappa shape index (κ3) is 2.01. The SMILES string of the molecule is CCCC(C)(CO)C1CCCC1. The summed E-state index contributed by atoms with van der Waals surface area (Å²) in [6, 6.07) is 0. The topological polar surface area (TPSA) is 20.2 Å². The van der Waals surface area contributed by atoms with Gasteiger partial charge < -0.3 is 5.11 Å². The van der Waals surface area contributed by atoms with Crippen molar-refractivity contribution in [2.45, 2.75) is 52.4 Å². The largest absolute Gasteiger partial charge is 0.396 e. The van der Waals surface area contributed by atoms with Gasteiger partial charge in [-0.25, -0.2) is 0 Å². The molecule has 1 nitrogen and oxygen atoms in total. The van der Waals surface area contributed by atoms with Crippen LogP contribution in [-0.4, -0.2) is 11.7 Å². The molecule has 1 rings (SSSR count). The average molecular weight is 170 g/mol. The molecule has 1 atom stereocenters. The summed E-state index contributed by atoms with van der Waals surface area (Å²) in [5.41, 5.74) is 0.227. The minimum Gasteiger partial charge on any atom is -0.396 e. The molecule has 1 aliphatic rings. The first-order valence-corrected chi connectivity index (χ1v) is 5.34. The van der Waals surface area contributed by atoms with Gasteiger partial charge in [0.15, 0.2) is 0 Å². The molecule has 1 aliphatic carbocycles. The summed E-state index contributed by atoms with van der Waals surface area (Å²) >= 11 is 0. The summed E-state index contributed by atoms with van der Waals surface area (Å²) in [7, 11) is 0. The Morgan fingerprint density at radius 1 is 1.33 bits per heavy atom. The first-order valence-electron chi connectivity index (χ1n) is 5.34. The molecule has 1 N–H and O–H groups in total. The lowest BCUT2D eigenvalue weighted by Crippen LogP contribution is -2.29. The highest BCUT2D eigenvalue weighted by molar-refractivity contribution is 4.84. The number of aliphatic hydroxyl groups is 1. The van der Waals surface area contributed by atoms with E-state index in [0.29, 0.717) is 6.61 Å². The van der Waals surface area contributed by atoms with Gasteiger partial charge in [-0.05, 0) is 30.6 Å². The third-order valence-corrected chi connectivity index (χ3v) is 3.52. The van der Waals surface area contributed by atoms with Gasteiger partial charge in [-0.15, -0.1) is 0 Å². The van der Waals surface area contributed by atoms with Crippen LogP contribution in [0.3, 0.4) is 0 Å². The minimum atomic E-state index is 0.227. The molecule has 1 heteroatoms. The molecule has 0 radical (unpaired) electrons. The first kappa shape index (κ1) is 10.0. The molecule has 1 saturated carbocycles. The Morgan fingerprint density at radius 2 is 1.92 bits per heavy atom. The maximum absolute atomic E-state index is 9.38. The Hall–Kier alpha value is -0.0400. The highest BCUT2D eigenvalue weighted by Crippen LogP contribution is 2.42. The van der Waals surface area contributed by atoms with Gasteiger partial charge in [0.2, 0.25) is 0 Å². The van der Waals surface area contributed by atoms with Gasteiger partial charge in [0.1, 0.15) is 0 Å². The van der Waals surface area contributed by atoms with Crippen molar-refractivity contribution in [2.24, 2.45) is 11.3 Å². The monoisotopic (exact) mass is 170 g/mol. The van der Waals surface area contributed by atoms with E-state index in [1.807, 2.05) is 0 Å². The second-order valence-corrected chi connectivity index (χ2v) is 4.54. The van der Waals surface area contributed by atoms with E-state index < -0.39 is 0 Å². The van der Waals surface area contributed by atoms with Crippen molar-refractivity contribution in [1.29, 1.82) is 0 Å². The predicted molar refractivity (Wildman–Crippen MR) is 52.1 cm³/mol. The summed E-state index contributed by atoms with van der Waals surface area (Å²) < 4.78 is 0. The molecule has 0 aliphatic heterocycles. The van der Waals surface area contributed by atoms with Crippen molar-refractivity contribution in [3.63, 3.8) is 0 Å². The van der Waals surface area contributed by atoms with Gasteiger partial charge in [0.05, 0.1) is 0 Å². The Labute approximate surface area is 76.2 Å². The normalized spacial score (nSPS) is 24.2. The lowest BCUT2D eigenvalue weighted by atomic mass is 9.73. The van der Waals surface area contributed by atoms with E-state index in [9.17, 15) is 5.11 Å². The number of hydrogen-bond acceptors (Lipinski definition) is 1. The zero-order valence-corrected chi connectivity index (χ0v) is 8.47. The molecule has 0 saturated heterocycles. The lowest BCUT2D eigenvalue weighted by Gasteiger charge is -2.33. The number of aliphatic hydroxyl groups excluding tert-OH is 1. The summed E-state index contributed by atoms with van der Waals surface area (Å²) in [6.07, 6.45) is 7.84. The summed E-state index contributed by atoms with van der Waals surface area (Å²) in [6.45, 7) is 4.85. The highest BCUT2D eigenvalue weighted by atomic mass is 16.3. The molecule has 0 heterocycles. The molecule has 0 spiro atoms. The first-order chi connectivity index (χ1) is 5.73. The second kappa shape index (κ2) is 4.27. The molecule has 12 heavy (non-hydrogen) atoms. The average Bonchev–Trinajstić information content (AvgIpc) is 2.57. The minimum absolute atomic E-state index is 0.227. The molecule has 0 bridgehead atoms. The van der Waals surface area contributed by atoms with E-state index in [4.69, 9.17) is 0 Å². The van der Waals surface area contributed by atoms with Crippen LogP contribution in [0, 0.1) is 11.3 Å². The van der Waals surface area contributed by atoms with Crippen LogP contribution in [0.1, 0.15) is 52.4 Å². The maximum Gasteiger partial charge on any atom is 0.0487 e. The summed E-state index contributed by atoms with van der Waals surface area (Å²) in [5.74, 6) is 0.794. The van der Waals surface area contributed by atoms with Crippen molar-refractivity contribution in [1.82, 2.24) is 0 Å². The molecular weight excluding hydrogens is 148 g/mol. The van der Waals surface area contributed by atoms with Crippen molar-refractivity contribution < 1.29 is 5.11 Å². The van der Waals surface area contributed by atoms with Gasteiger partial charge in [-0.2, -0.15) is 0 Å². The Morgan fingerprint density at radius 3 is 2.33 bits per heavy atom. The van der Waals surface area contributed by atoms with E-state index in [1.54, 1.807) is 0 Å². The third-order valence-electron chi connectivity index (χ3n) is 3.52. The van der Waals surface area contributed by atoms with Crippen molar-refractivity contribution >= 4 is 0 Å². The predicted octanol–water partition coefficient (Wildman–Crippen LogP) is 2.98. The standard InChI is InChI=1S/C11H22O/c1-3-8-11(2,9-12)10-6-4-5-7-10/h10,12H,3-9H2,1-2H3. The molecule has 0 amide bonds. The summed E-state index contributed by atoms with van der Waals surface area (Å²) in [4.78, 5) is 0. The van der Waals surface area contributed by atoms with Crippen LogP contribution < -0.4 is 0 Å². The zero-order valence-electron chi connectivity index (χ0n) is 8.47. The molecule has 72 valence electrons. The molecule has 0 aromatic carbocycles. The van der Waals surface area contributed by atoms with Crippen LogP contribution in [0.15, 0.2) is 0 Å². The molecular formula is C11H22O. The van der Waals surface area contributed by atoms with Crippen LogP contribution >= 0.6 is 0 Å². The molecule has 0 aromatic heterocycles. The van der Waals surface area contributed by atoms with Crippen LogP contribution in [0.4, 0.5) is 0 Å².